The average molecular weight is 253 g/mol. The van der Waals surface area contributed by atoms with Gasteiger partial charge in [0.15, 0.2) is 0 Å². The number of amides is 1. The third-order valence-corrected chi connectivity index (χ3v) is 4.20. The molecule has 0 aromatic rings. The summed E-state index contributed by atoms with van der Waals surface area (Å²) in [6.07, 6.45) is 3.23. The van der Waals surface area contributed by atoms with Crippen molar-refractivity contribution in [1.29, 1.82) is 0 Å². The van der Waals surface area contributed by atoms with Crippen LogP contribution in [0.2, 0.25) is 0 Å². The summed E-state index contributed by atoms with van der Waals surface area (Å²) in [4.78, 5) is 17.0. The number of rotatable bonds is 3. The smallest absolute Gasteiger partial charge is 0.225 e. The lowest BCUT2D eigenvalue weighted by Crippen LogP contribution is -2.52. The summed E-state index contributed by atoms with van der Waals surface area (Å²) in [5.41, 5.74) is 0. The van der Waals surface area contributed by atoms with E-state index in [0.29, 0.717) is 11.9 Å². The number of nitrogens with one attached hydrogen (secondary N) is 1. The van der Waals surface area contributed by atoms with Crippen molar-refractivity contribution in [2.75, 3.05) is 39.3 Å². The van der Waals surface area contributed by atoms with Crippen LogP contribution in [-0.2, 0) is 4.79 Å². The van der Waals surface area contributed by atoms with Crippen LogP contribution in [0.25, 0.3) is 0 Å². The Morgan fingerprint density at radius 2 is 2.00 bits per heavy atom. The summed E-state index contributed by atoms with van der Waals surface area (Å²) >= 11 is 0. The Morgan fingerprint density at radius 3 is 2.61 bits per heavy atom. The molecule has 2 heterocycles. The minimum absolute atomic E-state index is 0.263. The summed E-state index contributed by atoms with van der Waals surface area (Å²) in [7, 11) is 0. The molecule has 2 saturated heterocycles. The average Bonchev–Trinajstić information content (AvgIpc) is 2.39. The summed E-state index contributed by atoms with van der Waals surface area (Å²) in [5.74, 6) is 0.665. The Labute approximate surface area is 111 Å². The molecule has 2 rings (SSSR count). The van der Waals surface area contributed by atoms with Gasteiger partial charge in [-0.05, 0) is 39.3 Å². The second-order valence-corrected chi connectivity index (χ2v) is 5.74. The van der Waals surface area contributed by atoms with Crippen LogP contribution in [0.3, 0.4) is 0 Å². The first-order valence-corrected chi connectivity index (χ1v) is 7.45. The van der Waals surface area contributed by atoms with E-state index < -0.39 is 0 Å². The van der Waals surface area contributed by atoms with E-state index in [1.165, 1.54) is 13.0 Å². The zero-order valence-corrected chi connectivity index (χ0v) is 11.8. The van der Waals surface area contributed by atoms with Crippen LogP contribution >= 0.6 is 0 Å². The highest BCUT2D eigenvalue weighted by molar-refractivity contribution is 5.79. The van der Waals surface area contributed by atoms with E-state index in [9.17, 15) is 4.79 Å². The van der Waals surface area contributed by atoms with Crippen molar-refractivity contribution in [3.8, 4) is 0 Å². The first kappa shape index (κ1) is 13.8. The molecule has 2 fully saturated rings. The van der Waals surface area contributed by atoms with E-state index in [0.717, 1.165) is 45.6 Å². The number of hydrogen-bond donors (Lipinski definition) is 1. The molecule has 18 heavy (non-hydrogen) atoms. The molecule has 1 amide bonds. The van der Waals surface area contributed by atoms with E-state index in [4.69, 9.17) is 0 Å². The minimum atomic E-state index is 0.263. The van der Waals surface area contributed by atoms with E-state index in [2.05, 4.69) is 29.0 Å². The largest absolute Gasteiger partial charge is 0.340 e. The Kier molecular flexibility index (Phi) is 5.01. The van der Waals surface area contributed by atoms with Crippen molar-refractivity contribution in [3.63, 3.8) is 0 Å². The second-order valence-electron chi connectivity index (χ2n) is 5.74. The number of piperidine rings is 1. The molecular formula is C14H27N3O. The molecule has 2 unspecified atom stereocenters. The standard InChI is InChI=1S/C14H27N3O/c1-3-6-16-7-9-17(10-8-16)14(18)13-4-5-15-12(2)11-13/h12-13,15H,3-11H2,1-2H3. The number of carbonyl (C=O) groups is 1. The molecule has 4 heteroatoms. The molecule has 0 aromatic heterocycles. The fourth-order valence-electron chi connectivity index (χ4n) is 3.12. The van der Waals surface area contributed by atoms with E-state index in [-0.39, 0.29) is 5.92 Å². The molecule has 0 saturated carbocycles. The summed E-state index contributed by atoms with van der Waals surface area (Å²) in [6, 6.07) is 0.495. The lowest BCUT2D eigenvalue weighted by Gasteiger charge is -2.38. The van der Waals surface area contributed by atoms with Gasteiger partial charge in [-0.15, -0.1) is 0 Å². The third-order valence-electron chi connectivity index (χ3n) is 4.20. The van der Waals surface area contributed by atoms with Crippen molar-refractivity contribution in [1.82, 2.24) is 15.1 Å². The fourth-order valence-corrected chi connectivity index (χ4v) is 3.12. The zero-order chi connectivity index (χ0) is 13.0. The minimum Gasteiger partial charge on any atom is -0.340 e. The first-order valence-electron chi connectivity index (χ1n) is 7.45. The van der Waals surface area contributed by atoms with E-state index >= 15 is 0 Å². The van der Waals surface area contributed by atoms with E-state index in [1.807, 2.05) is 0 Å². The molecular weight excluding hydrogens is 226 g/mol. The molecule has 0 aromatic carbocycles. The van der Waals surface area contributed by atoms with Crippen LogP contribution in [-0.4, -0.2) is 61.0 Å². The normalized spacial score (nSPS) is 30.4. The zero-order valence-electron chi connectivity index (χ0n) is 11.8. The summed E-state index contributed by atoms with van der Waals surface area (Å²) in [6.45, 7) is 10.5. The van der Waals surface area contributed by atoms with Gasteiger partial charge in [0.25, 0.3) is 0 Å². The van der Waals surface area contributed by atoms with Gasteiger partial charge in [-0.1, -0.05) is 6.92 Å². The molecule has 1 N–H and O–H groups in total. The van der Waals surface area contributed by atoms with Crippen LogP contribution in [0.4, 0.5) is 0 Å². The molecule has 104 valence electrons. The lowest BCUT2D eigenvalue weighted by atomic mass is 9.92. The number of carbonyl (C=O) groups excluding carboxylic acids is 1. The molecule has 0 spiro atoms. The highest BCUT2D eigenvalue weighted by Gasteiger charge is 2.30. The van der Waals surface area contributed by atoms with Crippen molar-refractivity contribution in [3.05, 3.63) is 0 Å². The predicted molar refractivity (Wildman–Crippen MR) is 73.5 cm³/mol. The van der Waals surface area contributed by atoms with Crippen LogP contribution in [0.15, 0.2) is 0 Å². The maximum atomic E-state index is 12.4. The Morgan fingerprint density at radius 1 is 1.28 bits per heavy atom. The Balaban J connectivity index is 1.80. The quantitative estimate of drug-likeness (QED) is 0.813. The van der Waals surface area contributed by atoms with Gasteiger partial charge >= 0.3 is 0 Å². The SMILES string of the molecule is CCCN1CCN(C(=O)C2CCNC(C)C2)CC1. The molecule has 0 radical (unpaired) electrons. The van der Waals surface area contributed by atoms with Gasteiger partial charge in [0.1, 0.15) is 0 Å². The maximum absolute atomic E-state index is 12.4. The highest BCUT2D eigenvalue weighted by atomic mass is 16.2. The van der Waals surface area contributed by atoms with Crippen LogP contribution in [0, 0.1) is 5.92 Å². The van der Waals surface area contributed by atoms with Crippen LogP contribution in [0.1, 0.15) is 33.1 Å². The van der Waals surface area contributed by atoms with E-state index in [1.54, 1.807) is 0 Å². The topological polar surface area (TPSA) is 35.6 Å². The number of piperazine rings is 1. The van der Waals surface area contributed by atoms with Gasteiger partial charge in [-0.2, -0.15) is 0 Å². The molecule has 2 aliphatic heterocycles. The van der Waals surface area contributed by atoms with Crippen LogP contribution in [0.5, 0.6) is 0 Å². The Hall–Kier alpha value is -0.610. The molecule has 2 atom stereocenters. The first-order chi connectivity index (χ1) is 8.70. The van der Waals surface area contributed by atoms with Crippen molar-refractivity contribution in [2.45, 2.75) is 39.2 Å². The fraction of sp³-hybridized carbons (Fsp3) is 0.929. The molecule has 4 nitrogen and oxygen atoms in total. The second kappa shape index (κ2) is 6.53. The van der Waals surface area contributed by atoms with Crippen molar-refractivity contribution < 1.29 is 4.79 Å². The molecule has 0 aliphatic carbocycles. The molecule has 0 bridgehead atoms. The van der Waals surface area contributed by atoms with Gasteiger partial charge in [-0.3, -0.25) is 9.69 Å². The lowest BCUT2D eigenvalue weighted by molar-refractivity contribution is -0.138. The van der Waals surface area contributed by atoms with Crippen LogP contribution < -0.4 is 5.32 Å². The summed E-state index contributed by atoms with van der Waals surface area (Å²) < 4.78 is 0. The molecule has 2 aliphatic rings. The van der Waals surface area contributed by atoms with Crippen molar-refractivity contribution in [2.24, 2.45) is 5.92 Å². The summed E-state index contributed by atoms with van der Waals surface area (Å²) in [5, 5.41) is 3.41. The predicted octanol–water partition coefficient (Wildman–Crippen LogP) is 0.929. The van der Waals surface area contributed by atoms with Gasteiger partial charge < -0.3 is 10.2 Å². The third kappa shape index (κ3) is 3.45. The monoisotopic (exact) mass is 253 g/mol. The Bertz CT molecular complexity index is 274. The van der Waals surface area contributed by atoms with Gasteiger partial charge in [-0.25, -0.2) is 0 Å². The van der Waals surface area contributed by atoms with Gasteiger partial charge in [0, 0.05) is 38.1 Å². The van der Waals surface area contributed by atoms with Gasteiger partial charge in [0.2, 0.25) is 5.91 Å². The van der Waals surface area contributed by atoms with Crippen molar-refractivity contribution >= 4 is 5.91 Å². The highest BCUT2D eigenvalue weighted by Crippen LogP contribution is 2.19. The maximum Gasteiger partial charge on any atom is 0.225 e. The number of hydrogen-bond acceptors (Lipinski definition) is 3. The van der Waals surface area contributed by atoms with Gasteiger partial charge in [0.05, 0.1) is 0 Å². The number of nitrogens with zero attached hydrogens (tertiary/aromatic N) is 2.